The molecule has 118 valence electrons. The Kier molecular flexibility index (Phi) is 6.39. The van der Waals surface area contributed by atoms with Gasteiger partial charge in [-0.15, -0.1) is 12.4 Å². The minimum Gasteiger partial charge on any atom is -0.489 e. The average molecular weight is 359 g/mol. The van der Waals surface area contributed by atoms with Gasteiger partial charge in [-0.2, -0.15) is 0 Å². The number of hydrogen-bond acceptors (Lipinski definition) is 2. The topological polar surface area (TPSA) is 21.3 Å². The van der Waals surface area contributed by atoms with E-state index < -0.39 is 0 Å². The standard InChI is InChI=1S/C17H17Cl2NO.ClH/c18-14-3-1-12(2-4-14)11-21-17-8-5-15(19)9-13(17)10-20-16-6-7-16;/h1-5,8-9,16,20H,6-7,10-11H2;1H. The van der Waals surface area contributed by atoms with E-state index in [1.807, 2.05) is 42.5 Å². The summed E-state index contributed by atoms with van der Waals surface area (Å²) < 4.78 is 5.93. The van der Waals surface area contributed by atoms with E-state index in [4.69, 9.17) is 27.9 Å². The SMILES string of the molecule is Cl.Clc1ccc(COc2ccc(Cl)cc2CNC2CC2)cc1. The van der Waals surface area contributed by atoms with Crippen LogP contribution in [-0.4, -0.2) is 6.04 Å². The highest BCUT2D eigenvalue weighted by atomic mass is 35.5. The van der Waals surface area contributed by atoms with E-state index in [9.17, 15) is 0 Å². The van der Waals surface area contributed by atoms with Crippen molar-refractivity contribution in [3.05, 3.63) is 63.6 Å². The molecule has 0 aromatic heterocycles. The summed E-state index contributed by atoms with van der Waals surface area (Å²) in [6.07, 6.45) is 2.53. The first-order valence-electron chi connectivity index (χ1n) is 7.10. The fraction of sp³-hybridized carbons (Fsp3) is 0.294. The molecule has 0 heterocycles. The molecule has 0 aliphatic heterocycles. The van der Waals surface area contributed by atoms with Gasteiger partial charge in [0.15, 0.2) is 0 Å². The Morgan fingerprint density at radius 1 is 1.00 bits per heavy atom. The van der Waals surface area contributed by atoms with Gasteiger partial charge in [-0.3, -0.25) is 0 Å². The molecule has 0 atom stereocenters. The Balaban J connectivity index is 0.00000176. The molecule has 2 nitrogen and oxygen atoms in total. The summed E-state index contributed by atoms with van der Waals surface area (Å²) in [6, 6.07) is 14.1. The smallest absolute Gasteiger partial charge is 0.124 e. The van der Waals surface area contributed by atoms with Crippen molar-refractivity contribution in [2.24, 2.45) is 0 Å². The lowest BCUT2D eigenvalue weighted by Gasteiger charge is -2.13. The number of benzene rings is 2. The summed E-state index contributed by atoms with van der Waals surface area (Å²) in [6.45, 7) is 1.32. The molecule has 0 amide bonds. The van der Waals surface area contributed by atoms with E-state index in [0.717, 1.165) is 33.5 Å². The zero-order chi connectivity index (χ0) is 14.7. The van der Waals surface area contributed by atoms with E-state index in [2.05, 4.69) is 5.32 Å². The molecule has 0 saturated heterocycles. The Labute approximate surface area is 147 Å². The highest BCUT2D eigenvalue weighted by Gasteiger charge is 2.20. The molecule has 22 heavy (non-hydrogen) atoms. The molecule has 3 rings (SSSR count). The van der Waals surface area contributed by atoms with Crippen molar-refractivity contribution in [1.29, 1.82) is 0 Å². The first-order chi connectivity index (χ1) is 10.2. The van der Waals surface area contributed by atoms with Crippen LogP contribution in [0.3, 0.4) is 0 Å². The van der Waals surface area contributed by atoms with Gasteiger partial charge in [0.25, 0.3) is 0 Å². The second-order valence-corrected chi connectivity index (χ2v) is 6.20. The van der Waals surface area contributed by atoms with E-state index in [0.29, 0.717) is 12.6 Å². The summed E-state index contributed by atoms with van der Waals surface area (Å²) in [4.78, 5) is 0. The number of ether oxygens (including phenoxy) is 1. The van der Waals surface area contributed by atoms with Gasteiger partial charge < -0.3 is 10.1 Å². The summed E-state index contributed by atoms with van der Waals surface area (Å²) in [5.74, 6) is 0.877. The van der Waals surface area contributed by atoms with Crippen LogP contribution in [0.2, 0.25) is 10.0 Å². The second-order valence-electron chi connectivity index (χ2n) is 5.32. The maximum absolute atomic E-state index is 6.08. The minimum atomic E-state index is 0. The first kappa shape index (κ1) is 17.4. The van der Waals surface area contributed by atoms with Crippen molar-refractivity contribution in [3.8, 4) is 5.75 Å². The molecule has 0 spiro atoms. The number of nitrogens with one attached hydrogen (secondary N) is 1. The number of rotatable bonds is 6. The van der Waals surface area contributed by atoms with Crippen LogP contribution in [0.1, 0.15) is 24.0 Å². The van der Waals surface area contributed by atoms with E-state index in [-0.39, 0.29) is 12.4 Å². The average Bonchev–Trinajstić information content (AvgIpc) is 3.30. The fourth-order valence-electron chi connectivity index (χ4n) is 2.11. The maximum Gasteiger partial charge on any atom is 0.124 e. The fourth-order valence-corrected chi connectivity index (χ4v) is 2.43. The molecule has 2 aromatic carbocycles. The van der Waals surface area contributed by atoms with E-state index >= 15 is 0 Å². The lowest BCUT2D eigenvalue weighted by molar-refractivity contribution is 0.302. The molecule has 1 aliphatic rings. The third kappa shape index (κ3) is 5.06. The van der Waals surface area contributed by atoms with Gasteiger partial charge in [0.05, 0.1) is 0 Å². The molecule has 0 radical (unpaired) electrons. The van der Waals surface area contributed by atoms with Gasteiger partial charge in [-0.25, -0.2) is 0 Å². The zero-order valence-corrected chi connectivity index (χ0v) is 14.3. The van der Waals surface area contributed by atoms with Crippen LogP contribution >= 0.6 is 35.6 Å². The molecule has 0 bridgehead atoms. The molecule has 1 saturated carbocycles. The van der Waals surface area contributed by atoms with Crippen molar-refractivity contribution in [2.45, 2.75) is 32.0 Å². The predicted molar refractivity (Wildman–Crippen MR) is 94.3 cm³/mol. The van der Waals surface area contributed by atoms with Crippen molar-refractivity contribution >= 4 is 35.6 Å². The molecule has 0 unspecified atom stereocenters. The van der Waals surface area contributed by atoms with Crippen molar-refractivity contribution in [2.75, 3.05) is 0 Å². The Morgan fingerprint density at radius 3 is 2.36 bits per heavy atom. The van der Waals surface area contributed by atoms with Gasteiger partial charge in [-0.1, -0.05) is 35.3 Å². The van der Waals surface area contributed by atoms with Gasteiger partial charge in [0.1, 0.15) is 12.4 Å². The molecule has 1 N–H and O–H groups in total. The van der Waals surface area contributed by atoms with Gasteiger partial charge >= 0.3 is 0 Å². The molecule has 1 fully saturated rings. The first-order valence-corrected chi connectivity index (χ1v) is 7.85. The van der Waals surface area contributed by atoms with Crippen LogP contribution in [0.5, 0.6) is 5.75 Å². The zero-order valence-electron chi connectivity index (χ0n) is 12.0. The van der Waals surface area contributed by atoms with Crippen LogP contribution in [0.4, 0.5) is 0 Å². The van der Waals surface area contributed by atoms with Crippen molar-refractivity contribution in [3.63, 3.8) is 0 Å². The number of halogens is 3. The van der Waals surface area contributed by atoms with Crippen molar-refractivity contribution < 1.29 is 4.74 Å². The van der Waals surface area contributed by atoms with Crippen LogP contribution in [0.15, 0.2) is 42.5 Å². The Bertz CT molecular complexity index is 612. The van der Waals surface area contributed by atoms with Gasteiger partial charge in [0, 0.05) is 28.2 Å². The van der Waals surface area contributed by atoms with Crippen LogP contribution in [0.25, 0.3) is 0 Å². The third-order valence-electron chi connectivity index (χ3n) is 3.49. The van der Waals surface area contributed by atoms with Crippen LogP contribution < -0.4 is 10.1 Å². The van der Waals surface area contributed by atoms with Crippen LogP contribution in [-0.2, 0) is 13.2 Å². The lowest BCUT2D eigenvalue weighted by atomic mass is 10.2. The molecular formula is C17H18Cl3NO. The highest BCUT2D eigenvalue weighted by Crippen LogP contribution is 2.26. The summed E-state index contributed by atoms with van der Waals surface area (Å²) >= 11 is 12.0. The quantitative estimate of drug-likeness (QED) is 0.762. The minimum absolute atomic E-state index is 0. The molecule has 5 heteroatoms. The van der Waals surface area contributed by atoms with Crippen molar-refractivity contribution in [1.82, 2.24) is 5.32 Å². The Hall–Kier alpha value is -0.930. The third-order valence-corrected chi connectivity index (χ3v) is 3.98. The molecular weight excluding hydrogens is 341 g/mol. The number of hydrogen-bond donors (Lipinski definition) is 1. The van der Waals surface area contributed by atoms with E-state index in [1.54, 1.807) is 0 Å². The molecule has 1 aliphatic carbocycles. The summed E-state index contributed by atoms with van der Waals surface area (Å²) in [5, 5.41) is 4.96. The van der Waals surface area contributed by atoms with E-state index in [1.165, 1.54) is 12.8 Å². The maximum atomic E-state index is 6.08. The normalized spacial score (nSPS) is 13.5. The lowest BCUT2D eigenvalue weighted by Crippen LogP contribution is -2.16. The Morgan fingerprint density at radius 2 is 1.68 bits per heavy atom. The predicted octanol–water partition coefficient (Wildman–Crippen LogP) is 5.25. The largest absolute Gasteiger partial charge is 0.489 e. The van der Waals surface area contributed by atoms with Crippen LogP contribution in [0, 0.1) is 0 Å². The highest BCUT2D eigenvalue weighted by molar-refractivity contribution is 6.30. The summed E-state index contributed by atoms with van der Waals surface area (Å²) in [7, 11) is 0. The van der Waals surface area contributed by atoms with Gasteiger partial charge in [0.2, 0.25) is 0 Å². The van der Waals surface area contributed by atoms with Gasteiger partial charge in [-0.05, 0) is 48.7 Å². The molecule has 2 aromatic rings. The summed E-state index contributed by atoms with van der Waals surface area (Å²) in [5.41, 5.74) is 2.19. The second kappa shape index (κ2) is 8.07. The monoisotopic (exact) mass is 357 g/mol.